The highest BCUT2D eigenvalue weighted by molar-refractivity contribution is 5.81. The van der Waals surface area contributed by atoms with E-state index in [2.05, 4.69) is 19.2 Å². The fourth-order valence-corrected chi connectivity index (χ4v) is 3.03. The second-order valence-corrected chi connectivity index (χ2v) is 6.52. The Kier molecular flexibility index (Phi) is 4.99. The van der Waals surface area contributed by atoms with Gasteiger partial charge in [0, 0.05) is 20.1 Å². The molecule has 1 N–H and O–H groups in total. The van der Waals surface area contributed by atoms with E-state index in [1.165, 1.54) is 6.07 Å². The number of nitrogens with one attached hydrogen (secondary N) is 1. The molecule has 0 spiro atoms. The molecule has 0 bridgehead atoms. The van der Waals surface area contributed by atoms with E-state index in [0.717, 1.165) is 30.4 Å². The van der Waals surface area contributed by atoms with Crippen molar-refractivity contribution >= 4 is 5.91 Å². The quantitative estimate of drug-likeness (QED) is 0.905. The lowest BCUT2D eigenvalue weighted by Gasteiger charge is -2.26. The van der Waals surface area contributed by atoms with Crippen LogP contribution in [0.25, 0.3) is 0 Å². The third kappa shape index (κ3) is 3.82. The van der Waals surface area contributed by atoms with Gasteiger partial charge in [-0.25, -0.2) is 4.39 Å². The van der Waals surface area contributed by atoms with Gasteiger partial charge in [0.2, 0.25) is 5.91 Å². The maximum Gasteiger partial charge on any atom is 0.239 e. The smallest absolute Gasteiger partial charge is 0.239 e. The zero-order valence-electron chi connectivity index (χ0n) is 13.3. The minimum absolute atomic E-state index is 0.110. The Morgan fingerprint density at radius 1 is 1.43 bits per heavy atom. The van der Waals surface area contributed by atoms with Crippen LogP contribution in [0.4, 0.5) is 4.39 Å². The molecule has 0 aromatic heterocycles. The lowest BCUT2D eigenvalue weighted by atomic mass is 10.0. The van der Waals surface area contributed by atoms with E-state index >= 15 is 0 Å². The first-order chi connectivity index (χ1) is 9.88. The zero-order chi connectivity index (χ0) is 15.6. The molecule has 2 unspecified atom stereocenters. The molecule has 1 amide bonds. The van der Waals surface area contributed by atoms with Gasteiger partial charge in [0.25, 0.3) is 0 Å². The molecule has 2 rings (SSSR count). The van der Waals surface area contributed by atoms with Gasteiger partial charge in [-0.3, -0.25) is 10.1 Å². The number of amides is 1. The molecule has 2 atom stereocenters. The Balaban J connectivity index is 2.13. The van der Waals surface area contributed by atoms with E-state index in [1.54, 1.807) is 25.1 Å². The highest BCUT2D eigenvalue weighted by Crippen LogP contribution is 2.32. The molecule has 0 heterocycles. The van der Waals surface area contributed by atoms with Gasteiger partial charge < -0.3 is 4.90 Å². The Morgan fingerprint density at radius 2 is 2.14 bits per heavy atom. The summed E-state index contributed by atoms with van der Waals surface area (Å²) in [6.45, 7) is 4.24. The van der Waals surface area contributed by atoms with E-state index in [4.69, 9.17) is 0 Å². The summed E-state index contributed by atoms with van der Waals surface area (Å²) in [6.07, 6.45) is 2.60. The summed E-state index contributed by atoms with van der Waals surface area (Å²) in [5, 5.41) is 3.49. The van der Waals surface area contributed by atoms with Crippen LogP contribution in [0.1, 0.15) is 43.9 Å². The summed E-state index contributed by atoms with van der Waals surface area (Å²) in [5.41, 5.74) is 2.20. The van der Waals surface area contributed by atoms with Crippen molar-refractivity contribution in [3.63, 3.8) is 0 Å². The van der Waals surface area contributed by atoms with E-state index in [1.807, 2.05) is 6.07 Å². The van der Waals surface area contributed by atoms with Gasteiger partial charge in [-0.15, -0.1) is 0 Å². The number of rotatable bonds is 5. The number of hydrogen-bond acceptors (Lipinski definition) is 2. The van der Waals surface area contributed by atoms with E-state index in [-0.39, 0.29) is 23.8 Å². The van der Waals surface area contributed by atoms with Gasteiger partial charge in [0.1, 0.15) is 5.82 Å². The van der Waals surface area contributed by atoms with Gasteiger partial charge in [0.05, 0.1) is 6.04 Å². The van der Waals surface area contributed by atoms with Crippen molar-refractivity contribution in [2.45, 2.75) is 45.2 Å². The van der Waals surface area contributed by atoms with Gasteiger partial charge >= 0.3 is 0 Å². The SMILES string of the molecule is CC(C)CC(NC1CCc2cc(F)ccc21)C(=O)N(C)C. The van der Waals surface area contributed by atoms with Gasteiger partial charge in [0.15, 0.2) is 0 Å². The number of carbonyl (C=O) groups is 1. The summed E-state index contributed by atoms with van der Waals surface area (Å²) in [6, 6.07) is 4.93. The number of likely N-dealkylation sites (N-methyl/N-ethyl adjacent to an activating group) is 1. The molecule has 1 aromatic carbocycles. The standard InChI is InChI=1S/C17H25FN2O/c1-11(2)9-16(17(21)20(3)4)19-15-8-5-12-10-13(18)6-7-14(12)15/h6-7,10-11,15-16,19H,5,8-9H2,1-4H3. The highest BCUT2D eigenvalue weighted by atomic mass is 19.1. The maximum absolute atomic E-state index is 13.3. The number of halogens is 1. The second kappa shape index (κ2) is 6.56. The van der Waals surface area contributed by atoms with Crippen LogP contribution in [-0.4, -0.2) is 30.9 Å². The molecule has 1 aliphatic carbocycles. The van der Waals surface area contributed by atoms with Crippen molar-refractivity contribution in [2.75, 3.05) is 14.1 Å². The monoisotopic (exact) mass is 292 g/mol. The van der Waals surface area contributed by atoms with Crippen molar-refractivity contribution in [2.24, 2.45) is 5.92 Å². The van der Waals surface area contributed by atoms with Crippen molar-refractivity contribution in [3.8, 4) is 0 Å². The van der Waals surface area contributed by atoms with Crippen LogP contribution in [0, 0.1) is 11.7 Å². The van der Waals surface area contributed by atoms with E-state index in [0.29, 0.717) is 5.92 Å². The molecule has 4 heteroatoms. The van der Waals surface area contributed by atoms with Gasteiger partial charge in [-0.05, 0) is 48.4 Å². The Morgan fingerprint density at radius 3 is 2.76 bits per heavy atom. The maximum atomic E-state index is 13.3. The van der Waals surface area contributed by atoms with Crippen LogP contribution in [0.5, 0.6) is 0 Å². The molecule has 0 fully saturated rings. The molecular formula is C17H25FN2O. The summed E-state index contributed by atoms with van der Waals surface area (Å²) in [7, 11) is 3.57. The number of nitrogens with zero attached hydrogens (tertiary/aromatic N) is 1. The average molecular weight is 292 g/mol. The molecule has 3 nitrogen and oxygen atoms in total. The van der Waals surface area contributed by atoms with E-state index in [9.17, 15) is 9.18 Å². The van der Waals surface area contributed by atoms with Crippen LogP contribution in [0.2, 0.25) is 0 Å². The highest BCUT2D eigenvalue weighted by Gasteiger charge is 2.29. The summed E-state index contributed by atoms with van der Waals surface area (Å²) >= 11 is 0. The number of carbonyl (C=O) groups excluding carboxylic acids is 1. The number of aryl methyl sites for hydroxylation is 1. The Bertz CT molecular complexity index is 514. The molecule has 0 saturated carbocycles. The third-order valence-corrected chi connectivity index (χ3v) is 4.03. The molecule has 116 valence electrons. The van der Waals surface area contributed by atoms with Crippen molar-refractivity contribution in [3.05, 3.63) is 35.1 Å². The lowest BCUT2D eigenvalue weighted by molar-refractivity contribution is -0.131. The first kappa shape index (κ1) is 16.0. The minimum atomic E-state index is -0.183. The molecule has 0 saturated heterocycles. The molecule has 1 aliphatic rings. The average Bonchev–Trinajstić information content (AvgIpc) is 2.78. The van der Waals surface area contributed by atoms with Crippen LogP contribution in [0.15, 0.2) is 18.2 Å². The minimum Gasteiger partial charge on any atom is -0.347 e. The Labute approximate surface area is 126 Å². The molecule has 1 aromatic rings. The summed E-state index contributed by atoms with van der Waals surface area (Å²) in [4.78, 5) is 14.0. The fourth-order valence-electron chi connectivity index (χ4n) is 3.03. The largest absolute Gasteiger partial charge is 0.347 e. The third-order valence-electron chi connectivity index (χ3n) is 4.03. The van der Waals surface area contributed by atoms with Crippen molar-refractivity contribution in [1.29, 1.82) is 0 Å². The number of benzene rings is 1. The topological polar surface area (TPSA) is 32.3 Å². The van der Waals surface area contributed by atoms with Crippen LogP contribution in [-0.2, 0) is 11.2 Å². The van der Waals surface area contributed by atoms with Gasteiger partial charge in [-0.1, -0.05) is 19.9 Å². The number of fused-ring (bicyclic) bond motifs is 1. The van der Waals surface area contributed by atoms with Crippen molar-refractivity contribution < 1.29 is 9.18 Å². The normalized spacial score (nSPS) is 18.7. The van der Waals surface area contributed by atoms with Crippen molar-refractivity contribution in [1.82, 2.24) is 10.2 Å². The molecule has 0 radical (unpaired) electrons. The van der Waals surface area contributed by atoms with Crippen LogP contribution in [0.3, 0.4) is 0 Å². The second-order valence-electron chi connectivity index (χ2n) is 6.52. The molecule has 0 aliphatic heterocycles. The molecule has 21 heavy (non-hydrogen) atoms. The van der Waals surface area contributed by atoms with Crippen LogP contribution >= 0.6 is 0 Å². The lowest BCUT2D eigenvalue weighted by Crippen LogP contribution is -2.45. The predicted octanol–water partition coefficient (Wildman–Crippen LogP) is 2.91. The van der Waals surface area contributed by atoms with E-state index < -0.39 is 0 Å². The summed E-state index contributed by atoms with van der Waals surface area (Å²) < 4.78 is 13.3. The van der Waals surface area contributed by atoms with Crippen LogP contribution < -0.4 is 5.32 Å². The fraction of sp³-hybridized carbons (Fsp3) is 0.588. The first-order valence-corrected chi connectivity index (χ1v) is 7.64. The summed E-state index contributed by atoms with van der Waals surface area (Å²) in [5.74, 6) is 0.372. The Hall–Kier alpha value is -1.42. The first-order valence-electron chi connectivity index (χ1n) is 7.64. The molecular weight excluding hydrogens is 267 g/mol. The number of hydrogen-bond donors (Lipinski definition) is 1. The predicted molar refractivity (Wildman–Crippen MR) is 82.5 cm³/mol. The van der Waals surface area contributed by atoms with Gasteiger partial charge in [-0.2, -0.15) is 0 Å². The zero-order valence-corrected chi connectivity index (χ0v) is 13.3.